The minimum absolute atomic E-state index is 0.104. The van der Waals surface area contributed by atoms with Crippen molar-refractivity contribution < 1.29 is 4.79 Å². The summed E-state index contributed by atoms with van der Waals surface area (Å²) in [6.07, 6.45) is 8.28. The van der Waals surface area contributed by atoms with E-state index in [0.29, 0.717) is 12.1 Å². The fourth-order valence-electron chi connectivity index (χ4n) is 5.47. The highest BCUT2D eigenvalue weighted by Gasteiger charge is 2.31. The summed E-state index contributed by atoms with van der Waals surface area (Å²) in [5.74, 6) is 1.14. The average Bonchev–Trinajstić information content (AvgIpc) is 3.27. The van der Waals surface area contributed by atoms with Gasteiger partial charge in [0, 0.05) is 84.6 Å². The predicted octanol–water partition coefficient (Wildman–Crippen LogP) is 4.55. The Kier molecular flexibility index (Phi) is 5.93. The third-order valence-electron chi connectivity index (χ3n) is 7.79. The molecule has 184 valence electrons. The first-order chi connectivity index (χ1) is 17.6. The first-order valence-corrected chi connectivity index (χ1v) is 12.8. The molecule has 0 bridgehead atoms. The number of carbonyl (C=O) groups excluding carboxylic acids is 1. The number of hydrogen-bond donors (Lipinski definition) is 1. The molecule has 1 aliphatic carbocycles. The van der Waals surface area contributed by atoms with Gasteiger partial charge in [-0.25, -0.2) is 4.98 Å². The largest absolute Gasteiger partial charge is 0.368 e. The molecule has 36 heavy (non-hydrogen) atoms. The van der Waals surface area contributed by atoms with Crippen molar-refractivity contribution in [2.75, 3.05) is 43.0 Å². The highest BCUT2D eigenvalue weighted by molar-refractivity contribution is 5.95. The van der Waals surface area contributed by atoms with Crippen LogP contribution in [0.15, 0.2) is 67.1 Å². The first-order valence-electron chi connectivity index (χ1n) is 12.8. The van der Waals surface area contributed by atoms with E-state index in [4.69, 9.17) is 4.98 Å². The minimum atomic E-state index is 0.104. The maximum absolute atomic E-state index is 11.6. The zero-order chi connectivity index (χ0) is 24.6. The Balaban J connectivity index is 1.25. The predicted molar refractivity (Wildman–Crippen MR) is 145 cm³/mol. The third-order valence-corrected chi connectivity index (χ3v) is 7.79. The van der Waals surface area contributed by atoms with Crippen molar-refractivity contribution in [1.82, 2.24) is 19.9 Å². The highest BCUT2D eigenvalue weighted by atomic mass is 16.1. The lowest BCUT2D eigenvalue weighted by Gasteiger charge is -2.37. The van der Waals surface area contributed by atoms with Gasteiger partial charge >= 0.3 is 0 Å². The molecule has 0 amide bonds. The van der Waals surface area contributed by atoms with E-state index in [-0.39, 0.29) is 5.78 Å². The quantitative estimate of drug-likeness (QED) is 0.409. The maximum Gasteiger partial charge on any atom is 0.159 e. The lowest BCUT2D eigenvalue weighted by Crippen LogP contribution is -2.46. The molecule has 1 aliphatic heterocycles. The van der Waals surface area contributed by atoms with Gasteiger partial charge in [-0.15, -0.1) is 0 Å². The number of anilines is 2. The first kappa shape index (κ1) is 22.7. The number of carbonyl (C=O) groups is 1. The van der Waals surface area contributed by atoms with Crippen LogP contribution in [-0.2, 0) is 0 Å². The molecule has 2 aliphatic rings. The zero-order valence-electron chi connectivity index (χ0n) is 20.9. The number of benzene rings is 1. The normalized spacial score (nSPS) is 19.9. The molecule has 1 saturated heterocycles. The number of Topliss-reactive ketones (excluding diaryl/α,β-unsaturated/α-hetero) is 1. The van der Waals surface area contributed by atoms with Crippen molar-refractivity contribution in [2.24, 2.45) is 0 Å². The molecule has 0 radical (unpaired) electrons. The third kappa shape index (κ3) is 4.13. The van der Waals surface area contributed by atoms with Gasteiger partial charge in [0.2, 0.25) is 0 Å². The molecule has 0 spiro atoms. The van der Waals surface area contributed by atoms with Crippen LogP contribution in [0.4, 0.5) is 11.5 Å². The summed E-state index contributed by atoms with van der Waals surface area (Å²) in [5, 5.41) is 4.59. The van der Waals surface area contributed by atoms with Gasteiger partial charge in [0.25, 0.3) is 0 Å². The second-order valence-corrected chi connectivity index (χ2v) is 9.92. The van der Waals surface area contributed by atoms with E-state index in [1.165, 1.54) is 16.6 Å². The van der Waals surface area contributed by atoms with E-state index in [1.807, 2.05) is 37.6 Å². The van der Waals surface area contributed by atoms with Crippen LogP contribution in [0.2, 0.25) is 0 Å². The highest BCUT2D eigenvalue weighted by Crippen LogP contribution is 2.39. The Labute approximate surface area is 211 Å². The van der Waals surface area contributed by atoms with E-state index in [1.54, 1.807) is 6.92 Å². The van der Waals surface area contributed by atoms with Crippen molar-refractivity contribution in [3.63, 3.8) is 0 Å². The van der Waals surface area contributed by atoms with Gasteiger partial charge in [-0.2, -0.15) is 0 Å². The van der Waals surface area contributed by atoms with Crippen LogP contribution in [0.1, 0.15) is 36.2 Å². The Bertz CT molecular complexity index is 1370. The molecule has 4 heterocycles. The standard InChI is InChI=1S/C29H32N6O/c1-20(36)21-5-7-24(8-6-21)33-12-14-34(15-13-33)28-10-9-26-27(22-4-3-11-31-18-22)19-35(29(26)32-28)25-16-23(17-25)30-2/h3-11,18-19,23,25,30H,12-17H2,1-2H3. The lowest BCUT2D eigenvalue weighted by molar-refractivity contribution is 0.101. The van der Waals surface area contributed by atoms with Crippen molar-refractivity contribution in [3.05, 3.63) is 72.7 Å². The fraction of sp³-hybridized carbons (Fsp3) is 0.345. The van der Waals surface area contributed by atoms with Crippen molar-refractivity contribution in [2.45, 2.75) is 31.8 Å². The smallest absolute Gasteiger partial charge is 0.159 e. The van der Waals surface area contributed by atoms with Gasteiger partial charge in [-0.3, -0.25) is 9.78 Å². The van der Waals surface area contributed by atoms with E-state index in [0.717, 1.165) is 61.6 Å². The molecular weight excluding hydrogens is 448 g/mol. The van der Waals surface area contributed by atoms with E-state index < -0.39 is 0 Å². The van der Waals surface area contributed by atoms with E-state index in [9.17, 15) is 4.79 Å². The summed E-state index contributed by atoms with van der Waals surface area (Å²) < 4.78 is 2.39. The molecule has 1 aromatic carbocycles. The van der Waals surface area contributed by atoms with Crippen LogP contribution in [0.5, 0.6) is 0 Å². The Morgan fingerprint density at radius 1 is 0.972 bits per heavy atom. The summed E-state index contributed by atoms with van der Waals surface area (Å²) in [6, 6.07) is 17.5. The Hall–Kier alpha value is -3.71. The monoisotopic (exact) mass is 480 g/mol. The molecular formula is C29H32N6O. The number of nitrogens with zero attached hydrogens (tertiary/aromatic N) is 5. The summed E-state index contributed by atoms with van der Waals surface area (Å²) >= 11 is 0. The van der Waals surface area contributed by atoms with Gasteiger partial charge < -0.3 is 19.7 Å². The summed E-state index contributed by atoms with van der Waals surface area (Å²) in [5.41, 5.74) is 5.32. The maximum atomic E-state index is 11.6. The number of rotatable bonds is 6. The second kappa shape index (κ2) is 9.39. The molecule has 6 rings (SSSR count). The second-order valence-electron chi connectivity index (χ2n) is 9.92. The number of aromatic nitrogens is 3. The van der Waals surface area contributed by atoms with Crippen LogP contribution in [-0.4, -0.2) is 59.6 Å². The Morgan fingerprint density at radius 3 is 2.39 bits per heavy atom. The minimum Gasteiger partial charge on any atom is -0.368 e. The number of fused-ring (bicyclic) bond motifs is 1. The van der Waals surface area contributed by atoms with Gasteiger partial charge in [-0.05, 0) is 69.3 Å². The molecule has 1 saturated carbocycles. The van der Waals surface area contributed by atoms with E-state index in [2.05, 4.69) is 61.2 Å². The summed E-state index contributed by atoms with van der Waals surface area (Å²) in [6.45, 7) is 5.28. The number of hydrogen-bond acceptors (Lipinski definition) is 6. The molecule has 7 nitrogen and oxygen atoms in total. The van der Waals surface area contributed by atoms with Crippen LogP contribution in [0.3, 0.4) is 0 Å². The molecule has 2 fully saturated rings. The summed E-state index contributed by atoms with van der Waals surface area (Å²) in [4.78, 5) is 25.9. The lowest BCUT2D eigenvalue weighted by atomic mass is 9.87. The van der Waals surface area contributed by atoms with Crippen molar-refractivity contribution in [3.8, 4) is 11.1 Å². The number of ketones is 1. The average molecular weight is 481 g/mol. The number of piperazine rings is 1. The van der Waals surface area contributed by atoms with Crippen LogP contribution in [0, 0.1) is 0 Å². The van der Waals surface area contributed by atoms with Gasteiger partial charge in [-0.1, -0.05) is 6.07 Å². The number of pyridine rings is 2. The molecule has 3 aromatic heterocycles. The molecule has 4 aromatic rings. The topological polar surface area (TPSA) is 66.3 Å². The van der Waals surface area contributed by atoms with Gasteiger partial charge in [0.1, 0.15) is 11.5 Å². The zero-order valence-corrected chi connectivity index (χ0v) is 20.9. The van der Waals surface area contributed by atoms with Crippen LogP contribution >= 0.6 is 0 Å². The summed E-state index contributed by atoms with van der Waals surface area (Å²) in [7, 11) is 2.05. The molecule has 1 N–H and O–H groups in total. The SMILES string of the molecule is CNC1CC(n2cc(-c3cccnc3)c3ccc(N4CCN(c5ccc(C(C)=O)cc5)CC4)nc32)C1. The van der Waals surface area contributed by atoms with Crippen LogP contribution in [0.25, 0.3) is 22.2 Å². The molecule has 7 heteroatoms. The molecule has 0 unspecified atom stereocenters. The number of nitrogens with one attached hydrogen (secondary N) is 1. The van der Waals surface area contributed by atoms with E-state index >= 15 is 0 Å². The van der Waals surface area contributed by atoms with Crippen molar-refractivity contribution >= 4 is 28.3 Å². The fourth-order valence-corrected chi connectivity index (χ4v) is 5.47. The van der Waals surface area contributed by atoms with Crippen LogP contribution < -0.4 is 15.1 Å². The Morgan fingerprint density at radius 2 is 1.72 bits per heavy atom. The van der Waals surface area contributed by atoms with Gasteiger partial charge in [0.05, 0.1) is 0 Å². The molecule has 0 atom stereocenters. The van der Waals surface area contributed by atoms with Gasteiger partial charge in [0.15, 0.2) is 5.78 Å². The van der Waals surface area contributed by atoms with Crippen molar-refractivity contribution in [1.29, 1.82) is 0 Å².